The molecule has 1 N–H and O–H groups in total. The molecule has 2 aromatic heterocycles. The molecule has 5 nitrogen and oxygen atoms in total. The van der Waals surface area contributed by atoms with Crippen molar-refractivity contribution in [1.82, 2.24) is 9.38 Å². The molecule has 7 heteroatoms. The van der Waals surface area contributed by atoms with Gasteiger partial charge in [-0.05, 0) is 18.1 Å². The number of pyridine rings is 1. The van der Waals surface area contributed by atoms with Gasteiger partial charge in [0.25, 0.3) is 0 Å². The van der Waals surface area contributed by atoms with E-state index in [2.05, 4.69) is 4.98 Å². The van der Waals surface area contributed by atoms with Gasteiger partial charge in [0.15, 0.2) is 9.84 Å². The molecular formula is C12H15ClN2O3S. The van der Waals surface area contributed by atoms with E-state index in [1.807, 2.05) is 0 Å². The van der Waals surface area contributed by atoms with E-state index in [0.29, 0.717) is 16.4 Å². The summed E-state index contributed by atoms with van der Waals surface area (Å²) >= 11 is 5.85. The molecule has 0 radical (unpaired) electrons. The molecule has 2 aromatic rings. The fourth-order valence-electron chi connectivity index (χ4n) is 1.86. The number of rotatable bonds is 5. The van der Waals surface area contributed by atoms with Crippen LogP contribution in [0.5, 0.6) is 0 Å². The number of aromatic nitrogens is 2. The molecule has 0 aliphatic carbocycles. The van der Waals surface area contributed by atoms with E-state index in [0.717, 1.165) is 0 Å². The van der Waals surface area contributed by atoms with Crippen molar-refractivity contribution in [3.8, 4) is 0 Å². The maximum Gasteiger partial charge on any atom is 0.156 e. The Balaban J connectivity index is 2.21. The Morgan fingerprint density at radius 2 is 2.16 bits per heavy atom. The van der Waals surface area contributed by atoms with E-state index in [9.17, 15) is 8.42 Å². The third-order valence-corrected chi connectivity index (χ3v) is 4.72. The first-order valence-electron chi connectivity index (χ1n) is 5.84. The quantitative estimate of drug-likeness (QED) is 0.909. The summed E-state index contributed by atoms with van der Waals surface area (Å²) in [5.41, 5.74) is 1.14. The van der Waals surface area contributed by atoms with Gasteiger partial charge in [0.05, 0.1) is 22.2 Å². The van der Waals surface area contributed by atoms with Crippen LogP contribution < -0.4 is 0 Å². The highest BCUT2D eigenvalue weighted by atomic mass is 35.5. The molecule has 1 atom stereocenters. The summed E-state index contributed by atoms with van der Waals surface area (Å²) in [5, 5.41) is 9.47. The van der Waals surface area contributed by atoms with Crippen LogP contribution in [-0.2, 0) is 15.6 Å². The number of fused-ring (bicyclic) bond motifs is 1. The van der Waals surface area contributed by atoms with Gasteiger partial charge in [0, 0.05) is 19.0 Å². The minimum atomic E-state index is -3.27. The molecule has 0 spiro atoms. The molecule has 0 aliphatic heterocycles. The van der Waals surface area contributed by atoms with Crippen LogP contribution >= 0.6 is 11.6 Å². The molecule has 0 fully saturated rings. The van der Waals surface area contributed by atoms with Crippen LogP contribution in [0.15, 0.2) is 24.5 Å². The lowest BCUT2D eigenvalue weighted by molar-refractivity contribution is 0.249. The van der Waals surface area contributed by atoms with Crippen LogP contribution in [0, 0.1) is 5.92 Å². The number of nitrogens with zero attached hydrogens (tertiary/aromatic N) is 2. The lowest BCUT2D eigenvalue weighted by atomic mass is 10.2. The van der Waals surface area contributed by atoms with E-state index >= 15 is 0 Å². The third kappa shape index (κ3) is 3.68. The fraction of sp³-hybridized carbons (Fsp3) is 0.417. The molecule has 2 rings (SSSR count). The second-order valence-corrected chi connectivity index (χ2v) is 7.23. The van der Waals surface area contributed by atoms with Gasteiger partial charge in [-0.15, -0.1) is 0 Å². The second-order valence-electron chi connectivity index (χ2n) is 4.69. The molecule has 0 aromatic carbocycles. The lowest BCUT2D eigenvalue weighted by Gasteiger charge is -2.07. The molecule has 2 heterocycles. The predicted octanol–water partition coefficient (Wildman–Crippen LogP) is 1.53. The van der Waals surface area contributed by atoms with Crippen molar-refractivity contribution in [2.24, 2.45) is 5.92 Å². The van der Waals surface area contributed by atoms with Crippen molar-refractivity contribution < 1.29 is 13.5 Å². The Labute approximate surface area is 116 Å². The van der Waals surface area contributed by atoms with Gasteiger partial charge in [-0.2, -0.15) is 0 Å². The van der Waals surface area contributed by atoms with Crippen molar-refractivity contribution in [2.75, 3.05) is 12.4 Å². The van der Waals surface area contributed by atoms with Crippen molar-refractivity contribution in [3.63, 3.8) is 0 Å². The van der Waals surface area contributed by atoms with Crippen LogP contribution in [0.4, 0.5) is 0 Å². The standard InChI is InChI=1S/C12H15ClN2O3S/c1-9(6-16)7-19(17,18)8-11-5-15-4-10(13)2-3-12(15)14-11/h2-5,9,16H,6-8H2,1H3. The molecule has 0 aliphatic rings. The first-order chi connectivity index (χ1) is 8.89. The summed E-state index contributed by atoms with van der Waals surface area (Å²) < 4.78 is 25.6. The number of hydrogen-bond acceptors (Lipinski definition) is 4. The van der Waals surface area contributed by atoms with Gasteiger partial charge in [-0.25, -0.2) is 13.4 Å². The molecular weight excluding hydrogens is 288 g/mol. The summed E-state index contributed by atoms with van der Waals surface area (Å²) in [6.07, 6.45) is 3.33. The molecule has 0 bridgehead atoms. The second kappa shape index (κ2) is 5.48. The molecule has 0 amide bonds. The maximum absolute atomic E-state index is 11.9. The molecule has 19 heavy (non-hydrogen) atoms. The minimum absolute atomic E-state index is 0.0435. The summed E-state index contributed by atoms with van der Waals surface area (Å²) in [7, 11) is -3.27. The zero-order valence-corrected chi connectivity index (χ0v) is 12.0. The van der Waals surface area contributed by atoms with Crippen molar-refractivity contribution >= 4 is 27.1 Å². The number of halogens is 1. The zero-order chi connectivity index (χ0) is 14.0. The van der Waals surface area contributed by atoms with Gasteiger partial charge in [-0.3, -0.25) is 0 Å². The van der Waals surface area contributed by atoms with Gasteiger partial charge in [0.1, 0.15) is 5.65 Å². The van der Waals surface area contributed by atoms with Crippen LogP contribution in [0.3, 0.4) is 0 Å². The lowest BCUT2D eigenvalue weighted by Crippen LogP contribution is -2.18. The monoisotopic (exact) mass is 302 g/mol. The van der Waals surface area contributed by atoms with Gasteiger partial charge in [0.2, 0.25) is 0 Å². The van der Waals surface area contributed by atoms with Crippen LogP contribution in [0.25, 0.3) is 5.65 Å². The predicted molar refractivity (Wildman–Crippen MR) is 73.9 cm³/mol. The van der Waals surface area contributed by atoms with E-state index in [1.54, 1.807) is 35.9 Å². The average Bonchev–Trinajstić information content (AvgIpc) is 2.68. The molecule has 1 unspecified atom stereocenters. The number of hydrogen-bond donors (Lipinski definition) is 1. The highest BCUT2D eigenvalue weighted by molar-refractivity contribution is 7.90. The van der Waals surface area contributed by atoms with E-state index in [4.69, 9.17) is 16.7 Å². The third-order valence-electron chi connectivity index (χ3n) is 2.68. The number of aliphatic hydroxyl groups excluding tert-OH is 1. The van der Waals surface area contributed by atoms with E-state index in [-0.39, 0.29) is 24.0 Å². The topological polar surface area (TPSA) is 71.7 Å². The van der Waals surface area contributed by atoms with Gasteiger partial charge < -0.3 is 9.51 Å². The van der Waals surface area contributed by atoms with Crippen LogP contribution in [0.2, 0.25) is 5.02 Å². The van der Waals surface area contributed by atoms with E-state index < -0.39 is 9.84 Å². The highest BCUT2D eigenvalue weighted by Crippen LogP contribution is 2.14. The average molecular weight is 303 g/mol. The SMILES string of the molecule is CC(CO)CS(=O)(=O)Cc1cn2cc(Cl)ccc2n1. The summed E-state index contributed by atoms with van der Waals surface area (Å²) in [6, 6.07) is 3.44. The Morgan fingerprint density at radius 1 is 1.42 bits per heavy atom. The Kier molecular flexibility index (Phi) is 4.13. The molecule has 104 valence electrons. The van der Waals surface area contributed by atoms with Crippen molar-refractivity contribution in [1.29, 1.82) is 0 Å². The summed E-state index contributed by atoms with van der Waals surface area (Å²) in [6.45, 7) is 1.56. The van der Waals surface area contributed by atoms with Crippen LogP contribution in [0.1, 0.15) is 12.6 Å². The first kappa shape index (κ1) is 14.3. The van der Waals surface area contributed by atoms with Crippen molar-refractivity contribution in [3.05, 3.63) is 35.2 Å². The highest BCUT2D eigenvalue weighted by Gasteiger charge is 2.18. The van der Waals surface area contributed by atoms with Crippen LogP contribution in [-0.4, -0.2) is 35.3 Å². The zero-order valence-electron chi connectivity index (χ0n) is 10.5. The smallest absolute Gasteiger partial charge is 0.156 e. The van der Waals surface area contributed by atoms with E-state index in [1.165, 1.54) is 0 Å². The normalized spacial score (nSPS) is 13.8. The van der Waals surface area contributed by atoms with Gasteiger partial charge in [-0.1, -0.05) is 18.5 Å². The summed E-state index contributed by atoms with van der Waals surface area (Å²) in [4.78, 5) is 4.23. The summed E-state index contributed by atoms with van der Waals surface area (Å²) in [5.74, 6) is -0.439. The number of sulfone groups is 1. The Morgan fingerprint density at radius 3 is 2.84 bits per heavy atom. The van der Waals surface area contributed by atoms with Crippen molar-refractivity contribution in [2.45, 2.75) is 12.7 Å². The number of imidazole rings is 1. The minimum Gasteiger partial charge on any atom is -0.396 e. The first-order valence-corrected chi connectivity index (χ1v) is 8.04. The molecule has 0 saturated carbocycles. The fourth-order valence-corrected chi connectivity index (χ4v) is 3.71. The van der Waals surface area contributed by atoms with Gasteiger partial charge >= 0.3 is 0 Å². The number of aliphatic hydroxyl groups is 1. The maximum atomic E-state index is 11.9. The Bertz CT molecular complexity index is 681. The largest absolute Gasteiger partial charge is 0.396 e. The Hall–Kier alpha value is -1.11. The molecule has 0 saturated heterocycles.